The van der Waals surface area contributed by atoms with E-state index in [4.69, 9.17) is 33.3 Å². The summed E-state index contributed by atoms with van der Waals surface area (Å²) in [7, 11) is 3.18. The molecule has 0 saturated carbocycles. The molecule has 2 heterocycles. The first kappa shape index (κ1) is 18.5. The quantitative estimate of drug-likeness (QED) is 0.806. The van der Waals surface area contributed by atoms with Crippen molar-refractivity contribution in [1.29, 1.82) is 0 Å². The molecule has 0 amide bonds. The second-order valence-corrected chi connectivity index (χ2v) is 6.63. The predicted octanol–water partition coefficient (Wildman–Crippen LogP) is 2.69. The topological polar surface area (TPSA) is 51.1 Å². The molecule has 26 heavy (non-hydrogen) atoms. The second-order valence-electron chi connectivity index (χ2n) is 5.84. The zero-order chi connectivity index (χ0) is 18.5. The van der Waals surface area contributed by atoms with Crippen LogP contribution in [0.3, 0.4) is 0 Å². The van der Waals surface area contributed by atoms with E-state index in [1.807, 2.05) is 18.3 Å². The Balaban J connectivity index is 1.64. The van der Waals surface area contributed by atoms with Gasteiger partial charge in [-0.1, -0.05) is 17.7 Å². The number of rotatable bonds is 4. The van der Waals surface area contributed by atoms with Gasteiger partial charge < -0.3 is 19.7 Å². The minimum atomic E-state index is 0.494. The van der Waals surface area contributed by atoms with Crippen molar-refractivity contribution in [2.45, 2.75) is 0 Å². The van der Waals surface area contributed by atoms with E-state index in [1.54, 1.807) is 26.4 Å². The lowest BCUT2D eigenvalue weighted by molar-refractivity contribution is -0.364. The number of aromatic amines is 1. The third kappa shape index (κ3) is 4.11. The van der Waals surface area contributed by atoms with Crippen LogP contribution in [0.5, 0.6) is 11.5 Å². The SMILES string of the molecule is COc1cc(NC(=S)N2CCN(c3cccc[nH+]3)CC2)c(OC)cc1Cl. The Morgan fingerprint density at radius 2 is 1.85 bits per heavy atom. The summed E-state index contributed by atoms with van der Waals surface area (Å²) in [4.78, 5) is 7.73. The van der Waals surface area contributed by atoms with Crippen LogP contribution in [0.1, 0.15) is 0 Å². The lowest BCUT2D eigenvalue weighted by Gasteiger charge is -2.33. The van der Waals surface area contributed by atoms with Gasteiger partial charge in [-0.05, 0) is 18.3 Å². The molecule has 1 aromatic carbocycles. The normalized spacial score (nSPS) is 14.1. The zero-order valence-corrected chi connectivity index (χ0v) is 16.4. The molecule has 0 bridgehead atoms. The van der Waals surface area contributed by atoms with E-state index in [0.717, 1.165) is 37.7 Å². The van der Waals surface area contributed by atoms with Crippen LogP contribution in [-0.2, 0) is 0 Å². The minimum Gasteiger partial charge on any atom is -0.495 e. The lowest BCUT2D eigenvalue weighted by Crippen LogP contribution is -2.51. The number of halogens is 1. The fourth-order valence-corrected chi connectivity index (χ4v) is 3.41. The Bertz CT molecular complexity index is 767. The van der Waals surface area contributed by atoms with E-state index in [1.165, 1.54) is 0 Å². The van der Waals surface area contributed by atoms with Crippen LogP contribution in [0.2, 0.25) is 5.02 Å². The minimum absolute atomic E-state index is 0.494. The van der Waals surface area contributed by atoms with E-state index in [-0.39, 0.29) is 0 Å². The van der Waals surface area contributed by atoms with Gasteiger partial charge in [-0.3, -0.25) is 4.90 Å². The van der Waals surface area contributed by atoms with Crippen molar-refractivity contribution in [3.05, 3.63) is 41.6 Å². The summed E-state index contributed by atoms with van der Waals surface area (Å²) in [5, 5.41) is 4.41. The van der Waals surface area contributed by atoms with Gasteiger partial charge in [0.25, 0.3) is 5.82 Å². The summed E-state index contributed by atoms with van der Waals surface area (Å²) < 4.78 is 10.7. The fourth-order valence-electron chi connectivity index (χ4n) is 2.88. The second kappa shape index (κ2) is 8.42. The van der Waals surface area contributed by atoms with Crippen molar-refractivity contribution in [3.8, 4) is 11.5 Å². The van der Waals surface area contributed by atoms with Gasteiger partial charge in [0.15, 0.2) is 5.11 Å². The third-order valence-electron chi connectivity index (χ3n) is 4.32. The van der Waals surface area contributed by atoms with Gasteiger partial charge in [0.2, 0.25) is 0 Å². The average Bonchev–Trinajstić information content (AvgIpc) is 2.69. The molecule has 138 valence electrons. The number of methoxy groups -OCH3 is 2. The molecule has 0 atom stereocenters. The van der Waals surface area contributed by atoms with Crippen LogP contribution >= 0.6 is 23.8 Å². The first-order valence-electron chi connectivity index (χ1n) is 8.31. The molecule has 0 unspecified atom stereocenters. The van der Waals surface area contributed by atoms with Crippen LogP contribution in [0.15, 0.2) is 36.5 Å². The summed E-state index contributed by atoms with van der Waals surface area (Å²) in [6.45, 7) is 3.45. The molecule has 1 aromatic heterocycles. The Labute approximate surface area is 163 Å². The van der Waals surface area contributed by atoms with Crippen LogP contribution in [0.25, 0.3) is 0 Å². The molecule has 1 aliphatic heterocycles. The van der Waals surface area contributed by atoms with Crippen molar-refractivity contribution >= 4 is 40.4 Å². The van der Waals surface area contributed by atoms with E-state index >= 15 is 0 Å². The summed E-state index contributed by atoms with van der Waals surface area (Å²) in [5.74, 6) is 2.31. The molecule has 8 heteroatoms. The fraction of sp³-hybridized carbons (Fsp3) is 0.333. The number of nitrogens with one attached hydrogen (secondary N) is 2. The summed E-state index contributed by atoms with van der Waals surface area (Å²) in [5.41, 5.74) is 0.734. The Hall–Kier alpha value is -2.25. The maximum absolute atomic E-state index is 6.16. The molecule has 2 N–H and O–H groups in total. The summed E-state index contributed by atoms with van der Waals surface area (Å²) in [6.07, 6.45) is 1.94. The van der Waals surface area contributed by atoms with E-state index in [2.05, 4.69) is 26.2 Å². The standard InChI is InChI=1S/C18H21ClN4O2S/c1-24-15-12-14(16(25-2)11-13(15)19)21-18(26)23-9-7-22(8-10-23)17-5-3-4-6-20-17/h3-6,11-12H,7-10H2,1-2H3,(H,21,26)/p+1. The highest BCUT2D eigenvalue weighted by atomic mass is 35.5. The van der Waals surface area contributed by atoms with Crippen LogP contribution in [-0.4, -0.2) is 50.4 Å². The molecule has 2 aromatic rings. The number of thiocarbonyl (C=S) groups is 1. The maximum atomic E-state index is 6.16. The van der Waals surface area contributed by atoms with Crippen molar-refractivity contribution in [3.63, 3.8) is 0 Å². The molecule has 3 rings (SSSR count). The number of hydrogen-bond donors (Lipinski definition) is 1. The number of benzene rings is 1. The van der Waals surface area contributed by atoms with Gasteiger partial charge >= 0.3 is 0 Å². The van der Waals surface area contributed by atoms with E-state index < -0.39 is 0 Å². The number of H-pyrrole nitrogens is 1. The average molecular weight is 394 g/mol. The third-order valence-corrected chi connectivity index (χ3v) is 4.97. The van der Waals surface area contributed by atoms with Crippen LogP contribution in [0, 0.1) is 0 Å². The highest BCUT2D eigenvalue weighted by Crippen LogP contribution is 2.36. The van der Waals surface area contributed by atoms with Gasteiger partial charge in [0, 0.05) is 18.2 Å². The van der Waals surface area contributed by atoms with Crippen molar-refractivity contribution in [2.75, 3.05) is 50.6 Å². The van der Waals surface area contributed by atoms with E-state index in [9.17, 15) is 0 Å². The molecular weight excluding hydrogens is 372 g/mol. The molecule has 1 saturated heterocycles. The molecule has 1 aliphatic rings. The number of pyridine rings is 1. The largest absolute Gasteiger partial charge is 0.495 e. The highest BCUT2D eigenvalue weighted by Gasteiger charge is 2.25. The predicted molar refractivity (Wildman–Crippen MR) is 108 cm³/mol. The van der Waals surface area contributed by atoms with Crippen molar-refractivity contribution < 1.29 is 14.5 Å². The summed E-state index contributed by atoms with van der Waals surface area (Å²) in [6, 6.07) is 9.60. The number of ether oxygens (including phenoxy) is 2. The first-order chi connectivity index (χ1) is 12.6. The van der Waals surface area contributed by atoms with E-state index in [0.29, 0.717) is 21.6 Å². The lowest BCUT2D eigenvalue weighted by atomic mass is 10.2. The number of piperazine rings is 1. The smallest absolute Gasteiger partial charge is 0.274 e. The molecule has 0 spiro atoms. The summed E-state index contributed by atoms with van der Waals surface area (Å²) >= 11 is 11.7. The Morgan fingerprint density at radius 3 is 2.46 bits per heavy atom. The monoisotopic (exact) mass is 393 g/mol. The van der Waals surface area contributed by atoms with Crippen molar-refractivity contribution in [1.82, 2.24) is 4.90 Å². The van der Waals surface area contributed by atoms with Crippen LogP contribution in [0.4, 0.5) is 11.5 Å². The highest BCUT2D eigenvalue weighted by molar-refractivity contribution is 7.80. The molecular formula is C18H22ClN4O2S+. The molecule has 0 aliphatic carbocycles. The van der Waals surface area contributed by atoms with Gasteiger partial charge in [-0.15, -0.1) is 0 Å². The zero-order valence-electron chi connectivity index (χ0n) is 14.8. The number of anilines is 2. The number of aromatic nitrogens is 1. The van der Waals surface area contributed by atoms with Gasteiger partial charge in [-0.2, -0.15) is 0 Å². The maximum Gasteiger partial charge on any atom is 0.274 e. The Kier molecular flexibility index (Phi) is 6.00. The van der Waals surface area contributed by atoms with Gasteiger partial charge in [0.1, 0.15) is 24.6 Å². The first-order valence-corrected chi connectivity index (χ1v) is 9.10. The molecule has 0 radical (unpaired) electrons. The van der Waals surface area contributed by atoms with Gasteiger partial charge in [0.05, 0.1) is 44.2 Å². The number of hydrogen-bond acceptors (Lipinski definition) is 4. The molecule has 1 fully saturated rings. The van der Waals surface area contributed by atoms with Gasteiger partial charge in [-0.25, -0.2) is 4.98 Å². The van der Waals surface area contributed by atoms with Crippen LogP contribution < -0.4 is 24.7 Å². The van der Waals surface area contributed by atoms with Crippen molar-refractivity contribution in [2.24, 2.45) is 0 Å². The number of nitrogens with zero attached hydrogens (tertiary/aromatic N) is 2. The Morgan fingerprint density at radius 1 is 1.12 bits per heavy atom. The molecule has 6 nitrogen and oxygen atoms in total.